The second-order valence-electron chi connectivity index (χ2n) is 7.24. The SMILES string of the molecule is CCNC1CCC(C(C)(C)C)CC1Sc1ncc(C)cn1. The molecule has 0 saturated heterocycles. The summed E-state index contributed by atoms with van der Waals surface area (Å²) in [5.41, 5.74) is 1.52. The van der Waals surface area contributed by atoms with Crippen molar-refractivity contribution >= 4 is 11.8 Å². The van der Waals surface area contributed by atoms with Gasteiger partial charge in [-0.3, -0.25) is 0 Å². The molecule has 21 heavy (non-hydrogen) atoms. The summed E-state index contributed by atoms with van der Waals surface area (Å²) in [6.07, 6.45) is 7.68. The van der Waals surface area contributed by atoms with Crippen LogP contribution in [0.1, 0.15) is 52.5 Å². The third-order valence-electron chi connectivity index (χ3n) is 4.50. The van der Waals surface area contributed by atoms with Crippen molar-refractivity contribution in [2.24, 2.45) is 11.3 Å². The third kappa shape index (κ3) is 4.68. The van der Waals surface area contributed by atoms with E-state index < -0.39 is 0 Å². The van der Waals surface area contributed by atoms with Crippen molar-refractivity contribution in [2.45, 2.75) is 70.3 Å². The van der Waals surface area contributed by atoms with E-state index in [0.29, 0.717) is 16.7 Å². The van der Waals surface area contributed by atoms with Gasteiger partial charge in [0.15, 0.2) is 5.16 Å². The first-order valence-electron chi connectivity index (χ1n) is 8.09. The van der Waals surface area contributed by atoms with E-state index >= 15 is 0 Å². The van der Waals surface area contributed by atoms with E-state index in [1.807, 2.05) is 31.1 Å². The molecule has 0 aliphatic heterocycles. The molecule has 1 aromatic heterocycles. The first-order chi connectivity index (χ1) is 9.90. The van der Waals surface area contributed by atoms with Crippen molar-refractivity contribution < 1.29 is 0 Å². The lowest BCUT2D eigenvalue weighted by Crippen LogP contribution is -2.44. The molecule has 4 heteroatoms. The summed E-state index contributed by atoms with van der Waals surface area (Å²) in [4.78, 5) is 8.96. The summed E-state index contributed by atoms with van der Waals surface area (Å²) >= 11 is 1.86. The Labute approximate surface area is 133 Å². The highest BCUT2D eigenvalue weighted by Gasteiger charge is 2.36. The number of nitrogens with zero attached hydrogens (tertiary/aromatic N) is 2. The van der Waals surface area contributed by atoms with Gasteiger partial charge in [0.25, 0.3) is 0 Å². The predicted octanol–water partition coefficient (Wildman–Crippen LogP) is 4.07. The van der Waals surface area contributed by atoms with Crippen LogP contribution in [0.25, 0.3) is 0 Å². The molecule has 1 saturated carbocycles. The van der Waals surface area contributed by atoms with Crippen LogP contribution in [0.4, 0.5) is 0 Å². The van der Waals surface area contributed by atoms with E-state index in [4.69, 9.17) is 0 Å². The van der Waals surface area contributed by atoms with Crippen molar-refractivity contribution in [1.29, 1.82) is 0 Å². The molecule has 3 nitrogen and oxygen atoms in total. The molecule has 3 atom stereocenters. The van der Waals surface area contributed by atoms with Crippen molar-refractivity contribution in [2.75, 3.05) is 6.54 Å². The van der Waals surface area contributed by atoms with Gasteiger partial charge in [0, 0.05) is 23.7 Å². The number of thioether (sulfide) groups is 1. The first-order valence-corrected chi connectivity index (χ1v) is 8.96. The molecule has 1 aliphatic carbocycles. The summed E-state index contributed by atoms with van der Waals surface area (Å²) in [5.74, 6) is 0.787. The highest BCUT2D eigenvalue weighted by molar-refractivity contribution is 7.99. The summed E-state index contributed by atoms with van der Waals surface area (Å²) in [6.45, 7) is 12.4. The Morgan fingerprint density at radius 1 is 1.24 bits per heavy atom. The average Bonchev–Trinajstić information content (AvgIpc) is 2.42. The van der Waals surface area contributed by atoms with Gasteiger partial charge in [-0.2, -0.15) is 0 Å². The summed E-state index contributed by atoms with van der Waals surface area (Å²) in [5, 5.41) is 5.16. The van der Waals surface area contributed by atoms with Crippen molar-refractivity contribution in [1.82, 2.24) is 15.3 Å². The lowest BCUT2D eigenvalue weighted by atomic mass is 9.71. The monoisotopic (exact) mass is 307 g/mol. The number of hydrogen-bond donors (Lipinski definition) is 1. The summed E-state index contributed by atoms with van der Waals surface area (Å²) in [6, 6.07) is 0.587. The van der Waals surface area contributed by atoms with Crippen LogP contribution in [0, 0.1) is 18.3 Å². The van der Waals surface area contributed by atoms with E-state index in [-0.39, 0.29) is 0 Å². The van der Waals surface area contributed by atoms with E-state index in [0.717, 1.165) is 23.2 Å². The molecular formula is C17H29N3S. The Hall–Kier alpha value is -0.610. The van der Waals surface area contributed by atoms with Crippen LogP contribution < -0.4 is 5.32 Å². The fraction of sp³-hybridized carbons (Fsp3) is 0.765. The molecule has 1 fully saturated rings. The second-order valence-corrected chi connectivity index (χ2v) is 8.45. The Kier molecular flexibility index (Phi) is 5.67. The van der Waals surface area contributed by atoms with Gasteiger partial charge in [0.05, 0.1) is 0 Å². The molecule has 0 spiro atoms. The topological polar surface area (TPSA) is 37.8 Å². The summed E-state index contributed by atoms with van der Waals surface area (Å²) < 4.78 is 0. The number of aryl methyl sites for hydroxylation is 1. The smallest absolute Gasteiger partial charge is 0.187 e. The van der Waals surface area contributed by atoms with Gasteiger partial charge in [-0.1, -0.05) is 39.5 Å². The largest absolute Gasteiger partial charge is 0.313 e. The predicted molar refractivity (Wildman–Crippen MR) is 90.7 cm³/mol. The molecule has 118 valence electrons. The molecule has 0 radical (unpaired) electrons. The minimum atomic E-state index is 0.393. The molecule has 0 bridgehead atoms. The number of nitrogens with one attached hydrogen (secondary N) is 1. The molecular weight excluding hydrogens is 278 g/mol. The minimum absolute atomic E-state index is 0.393. The van der Waals surface area contributed by atoms with Crippen LogP contribution in [0.2, 0.25) is 0 Å². The number of aromatic nitrogens is 2. The van der Waals surface area contributed by atoms with Crippen molar-refractivity contribution in [3.8, 4) is 0 Å². The first kappa shape index (κ1) is 16.8. The zero-order chi connectivity index (χ0) is 15.5. The Morgan fingerprint density at radius 3 is 2.48 bits per heavy atom. The van der Waals surface area contributed by atoms with Gasteiger partial charge in [-0.25, -0.2) is 9.97 Å². The van der Waals surface area contributed by atoms with Crippen LogP contribution in [-0.2, 0) is 0 Å². The standard InChI is InChI=1S/C17H29N3S/c1-6-18-14-8-7-13(17(3,4)5)9-15(14)21-16-19-10-12(2)11-20-16/h10-11,13-15,18H,6-9H2,1-5H3. The van der Waals surface area contributed by atoms with Gasteiger partial charge in [-0.05, 0) is 49.6 Å². The van der Waals surface area contributed by atoms with Gasteiger partial charge in [0.2, 0.25) is 0 Å². The van der Waals surface area contributed by atoms with Crippen LogP contribution in [0.5, 0.6) is 0 Å². The van der Waals surface area contributed by atoms with E-state index in [9.17, 15) is 0 Å². The molecule has 1 aromatic rings. The molecule has 0 amide bonds. The van der Waals surface area contributed by atoms with E-state index in [1.54, 1.807) is 0 Å². The minimum Gasteiger partial charge on any atom is -0.313 e. The molecule has 0 aromatic carbocycles. The van der Waals surface area contributed by atoms with Gasteiger partial charge in [-0.15, -0.1) is 0 Å². The maximum atomic E-state index is 4.48. The van der Waals surface area contributed by atoms with Gasteiger partial charge in [0.1, 0.15) is 0 Å². The maximum Gasteiger partial charge on any atom is 0.187 e. The fourth-order valence-electron chi connectivity index (χ4n) is 3.12. The Bertz CT molecular complexity index is 438. The zero-order valence-electron chi connectivity index (χ0n) is 14.0. The average molecular weight is 308 g/mol. The van der Waals surface area contributed by atoms with Gasteiger partial charge >= 0.3 is 0 Å². The lowest BCUT2D eigenvalue weighted by molar-refractivity contribution is 0.165. The normalized spacial score (nSPS) is 26.8. The van der Waals surface area contributed by atoms with Crippen molar-refractivity contribution in [3.05, 3.63) is 18.0 Å². The van der Waals surface area contributed by atoms with Gasteiger partial charge < -0.3 is 5.32 Å². The molecule has 3 unspecified atom stereocenters. The van der Waals surface area contributed by atoms with Crippen molar-refractivity contribution in [3.63, 3.8) is 0 Å². The Morgan fingerprint density at radius 2 is 1.90 bits per heavy atom. The van der Waals surface area contributed by atoms with Crippen LogP contribution in [0.3, 0.4) is 0 Å². The highest BCUT2D eigenvalue weighted by Crippen LogP contribution is 2.42. The lowest BCUT2D eigenvalue weighted by Gasteiger charge is -2.41. The zero-order valence-corrected chi connectivity index (χ0v) is 14.8. The molecule has 2 rings (SSSR count). The fourth-order valence-corrected chi connectivity index (χ4v) is 4.34. The number of hydrogen-bond acceptors (Lipinski definition) is 4. The van der Waals surface area contributed by atoms with E-state index in [2.05, 4.69) is 43.0 Å². The molecule has 1 N–H and O–H groups in total. The highest BCUT2D eigenvalue weighted by atomic mass is 32.2. The van der Waals surface area contributed by atoms with Crippen LogP contribution in [0.15, 0.2) is 17.6 Å². The van der Waals surface area contributed by atoms with E-state index in [1.165, 1.54) is 19.3 Å². The summed E-state index contributed by atoms with van der Waals surface area (Å²) in [7, 11) is 0. The quantitative estimate of drug-likeness (QED) is 0.851. The Balaban J connectivity index is 2.08. The number of rotatable bonds is 4. The third-order valence-corrected chi connectivity index (χ3v) is 5.74. The molecule has 1 heterocycles. The van der Waals surface area contributed by atoms with Crippen LogP contribution in [-0.4, -0.2) is 27.8 Å². The second kappa shape index (κ2) is 7.10. The molecule has 1 aliphatic rings. The maximum absolute atomic E-state index is 4.48. The van der Waals surface area contributed by atoms with Crippen LogP contribution >= 0.6 is 11.8 Å².